The fourth-order valence-electron chi connectivity index (χ4n) is 5.19. The highest BCUT2D eigenvalue weighted by Crippen LogP contribution is 2.30. The predicted molar refractivity (Wildman–Crippen MR) is 155 cm³/mol. The molecular formula is C30H36N4O4S. The molecule has 5 rings (SSSR count). The van der Waals surface area contributed by atoms with Crippen LogP contribution in [0.25, 0.3) is 0 Å². The third-order valence-electron chi connectivity index (χ3n) is 7.23. The van der Waals surface area contributed by atoms with Crippen molar-refractivity contribution in [2.24, 2.45) is 0 Å². The zero-order valence-corrected chi connectivity index (χ0v) is 23.0. The van der Waals surface area contributed by atoms with Gasteiger partial charge in [0.2, 0.25) is 10.0 Å². The van der Waals surface area contributed by atoms with Gasteiger partial charge in [-0.25, -0.2) is 8.42 Å². The number of nitrogens with zero attached hydrogens (tertiary/aromatic N) is 2. The van der Waals surface area contributed by atoms with Gasteiger partial charge in [-0.2, -0.15) is 0 Å². The topological polar surface area (TPSA) is 91.0 Å². The maximum absolute atomic E-state index is 13.5. The number of carbonyl (C=O) groups excluding carboxylic acids is 1. The number of carbonyl (C=O) groups is 1. The van der Waals surface area contributed by atoms with Crippen molar-refractivity contribution in [3.63, 3.8) is 0 Å². The van der Waals surface area contributed by atoms with E-state index in [4.69, 9.17) is 4.74 Å². The molecule has 0 spiro atoms. The maximum atomic E-state index is 13.5. The minimum atomic E-state index is -3.65. The number of hydrogen-bond donors (Lipinski definition) is 2. The molecule has 3 aromatic carbocycles. The number of benzene rings is 3. The lowest BCUT2D eigenvalue weighted by Gasteiger charge is -2.32. The predicted octanol–water partition coefficient (Wildman–Crippen LogP) is 3.64. The van der Waals surface area contributed by atoms with Gasteiger partial charge in [0.05, 0.1) is 24.5 Å². The normalized spacial score (nSPS) is 15.9. The lowest BCUT2D eigenvalue weighted by Crippen LogP contribution is -2.38. The summed E-state index contributed by atoms with van der Waals surface area (Å²) in [5.41, 5.74) is 4.93. The monoisotopic (exact) mass is 548 g/mol. The van der Waals surface area contributed by atoms with Crippen LogP contribution in [0.4, 0.5) is 11.4 Å². The number of rotatable bonds is 10. The summed E-state index contributed by atoms with van der Waals surface area (Å²) < 4.78 is 33.9. The van der Waals surface area contributed by atoms with Crippen molar-refractivity contribution in [2.45, 2.75) is 25.1 Å². The fraction of sp³-hybridized carbons (Fsp3) is 0.367. The minimum absolute atomic E-state index is 0.137. The van der Waals surface area contributed by atoms with Crippen LogP contribution < -0.4 is 14.9 Å². The molecule has 2 heterocycles. The van der Waals surface area contributed by atoms with Crippen LogP contribution in [0, 0.1) is 0 Å². The van der Waals surface area contributed by atoms with E-state index in [1.54, 1.807) is 24.3 Å². The van der Waals surface area contributed by atoms with Gasteiger partial charge in [0.25, 0.3) is 5.91 Å². The first-order valence-electron chi connectivity index (χ1n) is 13.6. The molecule has 1 saturated heterocycles. The van der Waals surface area contributed by atoms with Crippen LogP contribution in [-0.4, -0.2) is 65.2 Å². The first-order valence-corrected chi connectivity index (χ1v) is 15.2. The minimum Gasteiger partial charge on any atom is -0.379 e. The van der Waals surface area contributed by atoms with E-state index < -0.39 is 10.0 Å². The molecule has 1 amide bonds. The molecule has 8 nitrogen and oxygen atoms in total. The highest BCUT2D eigenvalue weighted by molar-refractivity contribution is 7.91. The second-order valence-corrected chi connectivity index (χ2v) is 11.8. The summed E-state index contributed by atoms with van der Waals surface area (Å²) in [5.74, 6) is -0.336. The highest BCUT2D eigenvalue weighted by Gasteiger charge is 2.23. The molecule has 0 atom stereocenters. The summed E-state index contributed by atoms with van der Waals surface area (Å²) in [5, 5.41) is 3.07. The van der Waals surface area contributed by atoms with Gasteiger partial charge >= 0.3 is 0 Å². The van der Waals surface area contributed by atoms with E-state index in [0.717, 1.165) is 57.9 Å². The van der Waals surface area contributed by atoms with Crippen LogP contribution >= 0.6 is 0 Å². The van der Waals surface area contributed by atoms with E-state index in [-0.39, 0.29) is 11.7 Å². The second kappa shape index (κ2) is 12.6. The molecule has 2 aliphatic heterocycles. The number of fused-ring (bicyclic) bond motifs is 1. The summed E-state index contributed by atoms with van der Waals surface area (Å²) in [6.07, 6.45) is 1.73. The van der Waals surface area contributed by atoms with Gasteiger partial charge in [-0.15, -0.1) is 0 Å². The molecule has 9 heteroatoms. The molecule has 3 aromatic rings. The molecule has 0 aromatic heterocycles. The van der Waals surface area contributed by atoms with Crippen molar-refractivity contribution >= 4 is 27.3 Å². The van der Waals surface area contributed by atoms with Crippen LogP contribution in [0.1, 0.15) is 33.5 Å². The Labute approximate surface area is 231 Å². The largest absolute Gasteiger partial charge is 0.379 e. The number of morpholine rings is 1. The molecule has 2 aliphatic rings. The highest BCUT2D eigenvalue weighted by atomic mass is 32.2. The third-order valence-corrected chi connectivity index (χ3v) is 8.49. The summed E-state index contributed by atoms with van der Waals surface area (Å²) in [6, 6.07) is 22.7. The van der Waals surface area contributed by atoms with E-state index in [9.17, 15) is 13.2 Å². The number of nitrogens with one attached hydrogen (secondary N) is 2. The second-order valence-electron chi connectivity index (χ2n) is 10.1. The van der Waals surface area contributed by atoms with Gasteiger partial charge in [-0.3, -0.25) is 14.4 Å². The number of anilines is 2. The van der Waals surface area contributed by atoms with E-state index >= 15 is 0 Å². The Hall–Kier alpha value is -3.40. The molecule has 206 valence electrons. The number of amides is 1. The van der Waals surface area contributed by atoms with Crippen molar-refractivity contribution in [3.8, 4) is 0 Å². The molecule has 0 aliphatic carbocycles. The molecule has 0 saturated carbocycles. The third kappa shape index (κ3) is 7.38. The Bertz CT molecular complexity index is 1370. The van der Waals surface area contributed by atoms with Gasteiger partial charge < -0.3 is 15.0 Å². The maximum Gasteiger partial charge on any atom is 0.253 e. The lowest BCUT2D eigenvalue weighted by molar-refractivity contribution is 0.0374. The van der Waals surface area contributed by atoms with Gasteiger partial charge in [0.15, 0.2) is 0 Å². The van der Waals surface area contributed by atoms with E-state index in [0.29, 0.717) is 29.9 Å². The molecule has 2 N–H and O–H groups in total. The van der Waals surface area contributed by atoms with Crippen molar-refractivity contribution < 1.29 is 17.9 Å². The standard InChI is InChI=1S/C30H36N4O4S/c35-30(31-14-6-15-33-17-19-38-20-18-33)28-21-27(32-39(36,37)23-24-7-2-1-3-8-24)11-12-29(28)34-16-13-25-9-4-5-10-26(25)22-34/h1-5,7-12,21,32H,6,13-20,22-23H2,(H,31,35). The van der Waals surface area contributed by atoms with Crippen molar-refractivity contribution in [3.05, 3.63) is 95.1 Å². The molecule has 0 unspecified atom stereocenters. The molecule has 39 heavy (non-hydrogen) atoms. The Kier molecular flexibility index (Phi) is 8.81. The fourth-order valence-corrected chi connectivity index (χ4v) is 6.38. The quantitative estimate of drug-likeness (QED) is 0.376. The first kappa shape index (κ1) is 27.2. The molecular weight excluding hydrogens is 512 g/mol. The number of ether oxygens (including phenoxy) is 1. The Morgan fingerprint density at radius 3 is 2.44 bits per heavy atom. The van der Waals surface area contributed by atoms with Crippen molar-refractivity contribution in [1.29, 1.82) is 0 Å². The molecule has 0 radical (unpaired) electrons. The SMILES string of the molecule is O=C(NCCCN1CCOCC1)c1cc(NS(=O)(=O)Cc2ccccc2)ccc1N1CCc2ccccc2C1. The first-order chi connectivity index (χ1) is 19.0. The Balaban J connectivity index is 1.32. The number of sulfonamides is 1. The summed E-state index contributed by atoms with van der Waals surface area (Å²) in [4.78, 5) is 18.0. The molecule has 0 bridgehead atoms. The van der Waals surface area contributed by atoms with Crippen LogP contribution in [0.15, 0.2) is 72.8 Å². The van der Waals surface area contributed by atoms with Gasteiger partial charge in [-0.1, -0.05) is 54.6 Å². The summed E-state index contributed by atoms with van der Waals surface area (Å²) in [6.45, 7) is 6.27. The van der Waals surface area contributed by atoms with Crippen LogP contribution in [0.5, 0.6) is 0 Å². The number of hydrogen-bond acceptors (Lipinski definition) is 6. The smallest absolute Gasteiger partial charge is 0.253 e. The summed E-state index contributed by atoms with van der Waals surface area (Å²) in [7, 11) is -3.65. The van der Waals surface area contributed by atoms with Crippen molar-refractivity contribution in [1.82, 2.24) is 10.2 Å². The van der Waals surface area contributed by atoms with Crippen LogP contribution in [0.3, 0.4) is 0 Å². The van der Waals surface area contributed by atoms with Gasteiger partial charge in [0, 0.05) is 44.1 Å². The van der Waals surface area contributed by atoms with Crippen LogP contribution in [0.2, 0.25) is 0 Å². The lowest BCUT2D eigenvalue weighted by atomic mass is 9.98. The zero-order valence-electron chi connectivity index (χ0n) is 22.1. The summed E-state index contributed by atoms with van der Waals surface area (Å²) >= 11 is 0. The zero-order chi connectivity index (χ0) is 27.1. The Morgan fingerprint density at radius 1 is 0.897 bits per heavy atom. The average Bonchev–Trinajstić information content (AvgIpc) is 2.95. The Morgan fingerprint density at radius 2 is 1.64 bits per heavy atom. The van der Waals surface area contributed by atoms with Gasteiger partial charge in [0.1, 0.15) is 0 Å². The van der Waals surface area contributed by atoms with Gasteiger partial charge in [-0.05, 0) is 54.3 Å². The van der Waals surface area contributed by atoms with Crippen molar-refractivity contribution in [2.75, 3.05) is 55.6 Å². The van der Waals surface area contributed by atoms with E-state index in [1.807, 2.05) is 30.3 Å². The molecule has 1 fully saturated rings. The van der Waals surface area contributed by atoms with E-state index in [2.05, 4.69) is 38.0 Å². The van der Waals surface area contributed by atoms with E-state index in [1.165, 1.54) is 11.1 Å². The van der Waals surface area contributed by atoms with Crippen LogP contribution in [-0.2, 0) is 33.5 Å². The average molecular weight is 549 g/mol.